The molecule has 0 aliphatic rings. The van der Waals surface area contributed by atoms with Crippen LogP contribution < -0.4 is 0 Å². The zero-order valence-corrected chi connectivity index (χ0v) is 41.4. The first-order valence-electron chi connectivity index (χ1n) is 26.6. The smallest absolute Gasteiger partial charge is 0.000694 e. The predicted octanol–water partition coefficient (Wildman–Crippen LogP) is 21.5. The van der Waals surface area contributed by atoms with E-state index in [9.17, 15) is 0 Å². The van der Waals surface area contributed by atoms with Crippen molar-refractivity contribution in [3.8, 4) is 66.8 Å². The minimum Gasteiger partial charge on any atom is -0.0622 e. The molecular weight excluding hydrogens is 913 g/mol. The van der Waals surface area contributed by atoms with Crippen LogP contribution in [0.25, 0.3) is 174 Å². The summed E-state index contributed by atoms with van der Waals surface area (Å²) in [6.07, 6.45) is 0. The lowest BCUT2D eigenvalue weighted by Gasteiger charge is -2.23. The van der Waals surface area contributed by atoms with Crippen molar-refractivity contribution in [2.75, 3.05) is 0 Å². The van der Waals surface area contributed by atoms with Gasteiger partial charge in [-0.3, -0.25) is 0 Å². The highest BCUT2D eigenvalue weighted by molar-refractivity contribution is 6.53. The second kappa shape index (κ2) is 15.8. The van der Waals surface area contributed by atoms with Crippen LogP contribution in [0.2, 0.25) is 0 Å². The first-order chi connectivity index (χ1) is 37.8. The van der Waals surface area contributed by atoms with E-state index >= 15 is 0 Å². The van der Waals surface area contributed by atoms with E-state index in [1.807, 2.05) is 0 Å². The molecule has 76 heavy (non-hydrogen) atoms. The molecule has 0 aliphatic heterocycles. The van der Waals surface area contributed by atoms with Gasteiger partial charge in [0.1, 0.15) is 0 Å². The number of hydrogen-bond acceptors (Lipinski definition) is 0. The van der Waals surface area contributed by atoms with E-state index in [1.54, 1.807) is 0 Å². The SMILES string of the molecule is c1ccc(-c2ccccc2-c2ccc3c4c2cc2c5cccc6cccc(c65)c2c4c2ccc(-c4ccccc4)c4c(-c5ccccc5)c5c6ccc(-c7ccccc7)c7c(-c8ccccc8)ccc(c76)c5c3c42)cc1. The third-order valence-corrected chi connectivity index (χ3v) is 17.1. The Labute approximate surface area is 439 Å². The summed E-state index contributed by atoms with van der Waals surface area (Å²) in [6.45, 7) is 0. The fraction of sp³-hybridized carbons (Fsp3) is 0. The molecule has 0 amide bonds. The molecule has 0 nitrogen and oxygen atoms in total. The van der Waals surface area contributed by atoms with Gasteiger partial charge in [-0.15, -0.1) is 0 Å². The summed E-state index contributed by atoms with van der Waals surface area (Å²) in [5.41, 5.74) is 14.8. The molecule has 0 N–H and O–H groups in total. The van der Waals surface area contributed by atoms with E-state index < -0.39 is 0 Å². The number of rotatable bonds is 6. The Hall–Kier alpha value is -9.88. The maximum Gasteiger partial charge on any atom is -0.000694 e. The van der Waals surface area contributed by atoms with Gasteiger partial charge in [0.25, 0.3) is 0 Å². The molecule has 0 aliphatic carbocycles. The lowest BCUT2D eigenvalue weighted by atomic mass is 9.79. The normalized spacial score (nSPS) is 12.2. The molecule has 0 heterocycles. The summed E-state index contributed by atoms with van der Waals surface area (Å²) < 4.78 is 0. The van der Waals surface area contributed by atoms with Crippen LogP contribution in [0, 0.1) is 0 Å². The van der Waals surface area contributed by atoms with Crippen LogP contribution in [0.15, 0.2) is 267 Å². The fourth-order valence-corrected chi connectivity index (χ4v) is 14.1. The fourth-order valence-electron chi connectivity index (χ4n) is 14.1. The maximum atomic E-state index is 2.57. The largest absolute Gasteiger partial charge is 0.0622 e. The number of hydrogen-bond donors (Lipinski definition) is 0. The van der Waals surface area contributed by atoms with E-state index in [2.05, 4.69) is 267 Å². The molecule has 0 saturated heterocycles. The second-order valence-electron chi connectivity index (χ2n) is 20.8. The molecule has 0 aromatic heterocycles. The van der Waals surface area contributed by atoms with Crippen LogP contribution in [0.3, 0.4) is 0 Å². The Bertz CT molecular complexity index is 5100. The molecular formula is C76H44. The van der Waals surface area contributed by atoms with Gasteiger partial charge in [0, 0.05) is 0 Å². The van der Waals surface area contributed by atoms with Crippen LogP contribution in [0.4, 0.5) is 0 Å². The lowest BCUT2D eigenvalue weighted by molar-refractivity contribution is 1.60. The van der Waals surface area contributed by atoms with Crippen molar-refractivity contribution in [2.24, 2.45) is 0 Å². The maximum absolute atomic E-state index is 2.57. The van der Waals surface area contributed by atoms with Crippen molar-refractivity contribution in [1.82, 2.24) is 0 Å². The first-order valence-corrected chi connectivity index (χ1v) is 26.6. The molecule has 0 saturated carbocycles. The monoisotopic (exact) mass is 956 g/mol. The summed E-state index contributed by atoms with van der Waals surface area (Å²) in [5.74, 6) is 0. The summed E-state index contributed by atoms with van der Waals surface area (Å²) in [7, 11) is 0. The Balaban J connectivity index is 1.18. The van der Waals surface area contributed by atoms with Gasteiger partial charge in [-0.2, -0.15) is 0 Å². The van der Waals surface area contributed by atoms with E-state index in [1.165, 1.54) is 174 Å². The van der Waals surface area contributed by atoms with Crippen LogP contribution in [0.5, 0.6) is 0 Å². The summed E-state index contributed by atoms with van der Waals surface area (Å²) in [5, 5.41) is 26.1. The molecule has 17 aromatic rings. The molecule has 0 fully saturated rings. The van der Waals surface area contributed by atoms with Gasteiger partial charge in [0.15, 0.2) is 0 Å². The van der Waals surface area contributed by atoms with Crippen LogP contribution in [-0.2, 0) is 0 Å². The van der Waals surface area contributed by atoms with Gasteiger partial charge < -0.3 is 0 Å². The van der Waals surface area contributed by atoms with Gasteiger partial charge >= 0.3 is 0 Å². The number of benzene rings is 15. The summed E-state index contributed by atoms with van der Waals surface area (Å²) in [6, 6.07) is 100. The highest BCUT2D eigenvalue weighted by atomic mass is 14.3. The second-order valence-corrected chi connectivity index (χ2v) is 20.8. The van der Waals surface area contributed by atoms with Crippen molar-refractivity contribution in [2.45, 2.75) is 0 Å². The van der Waals surface area contributed by atoms with Gasteiger partial charge in [-0.05, 0) is 181 Å². The van der Waals surface area contributed by atoms with Crippen molar-refractivity contribution in [3.05, 3.63) is 267 Å². The molecule has 17 rings (SSSR count). The van der Waals surface area contributed by atoms with Crippen LogP contribution in [0.1, 0.15) is 0 Å². The Morgan fingerprint density at radius 2 is 0.513 bits per heavy atom. The highest BCUT2D eigenvalue weighted by Gasteiger charge is 2.30. The summed E-state index contributed by atoms with van der Waals surface area (Å²) >= 11 is 0. The third kappa shape index (κ3) is 5.62. The summed E-state index contributed by atoms with van der Waals surface area (Å²) in [4.78, 5) is 0. The quantitative estimate of drug-likeness (QED) is 0.115. The zero-order chi connectivity index (χ0) is 49.6. The van der Waals surface area contributed by atoms with Gasteiger partial charge in [0.2, 0.25) is 0 Å². The van der Waals surface area contributed by atoms with Crippen LogP contribution >= 0.6 is 0 Å². The Morgan fingerprint density at radius 3 is 1.08 bits per heavy atom. The standard InChI is InChI=1S/C76H44/c1-6-20-45(21-7-1)51-32-16-17-33-55(51)56-39-43-61-70-63(56)44-64-57-34-18-30-49-31-19-35-58(65(49)57)69(64)73(70)62-42-38-54(48-26-12-4-13-27-48)71-66(50-28-14-5-15-29-50)72-59-40-36-52(46-22-8-2-9-23-46)67-53(47-24-10-3-11-25-47)37-41-60(68(59)67)74(72)75(61)76(62)71/h1-44H. The van der Waals surface area contributed by atoms with Crippen molar-refractivity contribution in [3.63, 3.8) is 0 Å². The molecule has 0 spiro atoms. The Kier molecular flexibility index (Phi) is 8.65. The van der Waals surface area contributed by atoms with E-state index in [4.69, 9.17) is 0 Å². The van der Waals surface area contributed by atoms with Crippen molar-refractivity contribution in [1.29, 1.82) is 0 Å². The Morgan fingerprint density at radius 1 is 0.145 bits per heavy atom. The molecule has 17 aromatic carbocycles. The highest BCUT2D eigenvalue weighted by Crippen LogP contribution is 2.59. The number of fused-ring (bicyclic) bond motifs is 10. The zero-order valence-electron chi connectivity index (χ0n) is 41.4. The van der Waals surface area contributed by atoms with E-state index in [0.29, 0.717) is 0 Å². The molecule has 0 radical (unpaired) electrons. The topological polar surface area (TPSA) is 0 Å². The van der Waals surface area contributed by atoms with Gasteiger partial charge in [0.05, 0.1) is 0 Å². The van der Waals surface area contributed by atoms with Crippen molar-refractivity contribution >= 4 is 108 Å². The van der Waals surface area contributed by atoms with Gasteiger partial charge in [-0.25, -0.2) is 0 Å². The van der Waals surface area contributed by atoms with Crippen LogP contribution in [-0.4, -0.2) is 0 Å². The minimum atomic E-state index is 1.21. The first kappa shape index (κ1) is 41.6. The molecule has 0 bridgehead atoms. The minimum absolute atomic E-state index is 1.21. The molecule has 0 unspecified atom stereocenters. The predicted molar refractivity (Wildman–Crippen MR) is 328 cm³/mol. The van der Waals surface area contributed by atoms with Gasteiger partial charge in [-0.1, -0.05) is 261 Å². The third-order valence-electron chi connectivity index (χ3n) is 17.1. The van der Waals surface area contributed by atoms with E-state index in [-0.39, 0.29) is 0 Å². The molecule has 0 heteroatoms. The molecule has 0 atom stereocenters. The lowest BCUT2D eigenvalue weighted by Crippen LogP contribution is -1.95. The molecule has 348 valence electrons. The average molecular weight is 957 g/mol. The van der Waals surface area contributed by atoms with E-state index in [0.717, 1.165) is 0 Å². The van der Waals surface area contributed by atoms with Crippen molar-refractivity contribution < 1.29 is 0 Å². The average Bonchev–Trinajstić information content (AvgIpc) is 4.04.